The number of aryl methyl sites for hydroxylation is 1. The second-order valence-corrected chi connectivity index (χ2v) is 3.96. The van der Waals surface area contributed by atoms with Gasteiger partial charge in [0, 0.05) is 6.54 Å². The Labute approximate surface area is 97.4 Å². The average molecular weight is 244 g/mol. The first kappa shape index (κ1) is 12.0. The van der Waals surface area contributed by atoms with Gasteiger partial charge in [-0.05, 0) is 36.7 Å². The third kappa shape index (κ3) is 4.82. The zero-order valence-electron chi connectivity index (χ0n) is 8.23. The standard InChI is InChI=1S/C8H12N4OS2/c1-6-4-7(15-12-6)5-10-11-8(14)9-2-3-13/h4-5,13H,2-3H2,1H3,(H2,9,11,14)/b10-5+. The number of rotatable bonds is 4. The van der Waals surface area contributed by atoms with Crippen LogP contribution in [0.25, 0.3) is 0 Å². The maximum Gasteiger partial charge on any atom is 0.187 e. The van der Waals surface area contributed by atoms with E-state index in [1.807, 2.05) is 13.0 Å². The maximum atomic E-state index is 8.53. The van der Waals surface area contributed by atoms with Gasteiger partial charge in [0.25, 0.3) is 0 Å². The maximum absolute atomic E-state index is 8.53. The first-order valence-electron chi connectivity index (χ1n) is 4.33. The summed E-state index contributed by atoms with van der Waals surface area (Å²) in [5.74, 6) is 0. The van der Waals surface area contributed by atoms with Crippen LogP contribution in [0.5, 0.6) is 0 Å². The molecule has 7 heteroatoms. The molecule has 0 unspecified atom stereocenters. The molecule has 0 aliphatic heterocycles. The van der Waals surface area contributed by atoms with E-state index in [1.165, 1.54) is 11.5 Å². The Morgan fingerprint density at radius 3 is 3.20 bits per heavy atom. The average Bonchev–Trinajstić information content (AvgIpc) is 2.61. The van der Waals surface area contributed by atoms with Crippen LogP contribution in [0.2, 0.25) is 0 Å². The van der Waals surface area contributed by atoms with Gasteiger partial charge in [0.05, 0.1) is 23.4 Å². The SMILES string of the molecule is Cc1cc(/C=N/NC(=S)NCCO)sn1. The molecule has 0 aromatic carbocycles. The van der Waals surface area contributed by atoms with Crippen LogP contribution in [0.3, 0.4) is 0 Å². The summed E-state index contributed by atoms with van der Waals surface area (Å²) in [5.41, 5.74) is 3.61. The molecule has 0 aliphatic rings. The highest BCUT2D eigenvalue weighted by Gasteiger charge is 1.94. The van der Waals surface area contributed by atoms with Crippen molar-refractivity contribution in [2.75, 3.05) is 13.2 Å². The molecule has 82 valence electrons. The molecule has 15 heavy (non-hydrogen) atoms. The number of aliphatic hydroxyl groups is 1. The molecule has 5 nitrogen and oxygen atoms in total. The molecule has 1 rings (SSSR count). The van der Waals surface area contributed by atoms with E-state index in [-0.39, 0.29) is 6.61 Å². The Morgan fingerprint density at radius 2 is 2.60 bits per heavy atom. The van der Waals surface area contributed by atoms with Gasteiger partial charge in [0.2, 0.25) is 0 Å². The molecule has 0 amide bonds. The number of aliphatic hydroxyl groups excluding tert-OH is 1. The highest BCUT2D eigenvalue weighted by Crippen LogP contribution is 2.05. The van der Waals surface area contributed by atoms with Gasteiger partial charge in [0.15, 0.2) is 5.11 Å². The Hall–Kier alpha value is -1.05. The van der Waals surface area contributed by atoms with Crippen molar-refractivity contribution < 1.29 is 5.11 Å². The predicted molar refractivity (Wildman–Crippen MR) is 65.3 cm³/mol. The van der Waals surface area contributed by atoms with Crippen molar-refractivity contribution in [3.63, 3.8) is 0 Å². The number of hydrogen-bond donors (Lipinski definition) is 3. The Balaban J connectivity index is 2.30. The molecule has 0 saturated carbocycles. The molecule has 0 atom stereocenters. The van der Waals surface area contributed by atoms with Crippen LogP contribution in [0, 0.1) is 6.92 Å². The van der Waals surface area contributed by atoms with Crippen molar-refractivity contribution in [1.29, 1.82) is 0 Å². The lowest BCUT2D eigenvalue weighted by atomic mass is 10.4. The van der Waals surface area contributed by atoms with E-state index < -0.39 is 0 Å². The van der Waals surface area contributed by atoms with E-state index in [4.69, 9.17) is 17.3 Å². The topological polar surface area (TPSA) is 69.5 Å². The van der Waals surface area contributed by atoms with E-state index in [9.17, 15) is 0 Å². The van der Waals surface area contributed by atoms with Crippen LogP contribution in [-0.4, -0.2) is 34.0 Å². The lowest BCUT2D eigenvalue weighted by Gasteiger charge is -2.03. The summed E-state index contributed by atoms with van der Waals surface area (Å²) < 4.78 is 4.11. The zero-order chi connectivity index (χ0) is 11.1. The molecule has 1 heterocycles. The van der Waals surface area contributed by atoms with Gasteiger partial charge in [-0.1, -0.05) is 0 Å². The Bertz CT molecular complexity index is 350. The van der Waals surface area contributed by atoms with Gasteiger partial charge in [-0.25, -0.2) is 0 Å². The molecule has 0 bridgehead atoms. The van der Waals surface area contributed by atoms with Gasteiger partial charge in [0.1, 0.15) is 0 Å². The van der Waals surface area contributed by atoms with Gasteiger partial charge in [-0.2, -0.15) is 9.47 Å². The number of aromatic nitrogens is 1. The minimum atomic E-state index is 0.0412. The second-order valence-electron chi connectivity index (χ2n) is 2.72. The number of hydrogen-bond acceptors (Lipinski definition) is 5. The minimum Gasteiger partial charge on any atom is -0.395 e. The van der Waals surface area contributed by atoms with Crippen molar-refractivity contribution in [2.24, 2.45) is 5.10 Å². The van der Waals surface area contributed by atoms with Crippen molar-refractivity contribution in [3.8, 4) is 0 Å². The van der Waals surface area contributed by atoms with E-state index in [1.54, 1.807) is 6.21 Å². The van der Waals surface area contributed by atoms with Crippen molar-refractivity contribution >= 4 is 35.1 Å². The largest absolute Gasteiger partial charge is 0.395 e. The second kappa shape index (κ2) is 6.44. The third-order valence-corrected chi connectivity index (χ3v) is 2.45. The van der Waals surface area contributed by atoms with Gasteiger partial charge >= 0.3 is 0 Å². The summed E-state index contributed by atoms with van der Waals surface area (Å²) in [6, 6.07) is 1.93. The number of thiocarbonyl (C=S) groups is 1. The molecule has 0 fully saturated rings. The van der Waals surface area contributed by atoms with Crippen molar-refractivity contribution in [1.82, 2.24) is 15.1 Å². The molecule has 0 radical (unpaired) electrons. The fourth-order valence-corrected chi connectivity index (χ4v) is 1.59. The molecule has 0 spiro atoms. The molecule has 0 saturated heterocycles. The quantitative estimate of drug-likeness (QED) is 0.402. The minimum absolute atomic E-state index is 0.0412. The molecular weight excluding hydrogens is 232 g/mol. The number of nitrogens with one attached hydrogen (secondary N) is 2. The number of nitrogens with zero attached hydrogens (tertiary/aromatic N) is 2. The summed E-state index contributed by atoms with van der Waals surface area (Å²) in [6.07, 6.45) is 1.65. The first-order chi connectivity index (χ1) is 7.22. The van der Waals surface area contributed by atoms with E-state index >= 15 is 0 Å². The first-order valence-corrected chi connectivity index (χ1v) is 5.51. The van der Waals surface area contributed by atoms with Crippen LogP contribution in [-0.2, 0) is 0 Å². The Kier molecular flexibility index (Phi) is 5.16. The van der Waals surface area contributed by atoms with Crippen molar-refractivity contribution in [3.05, 3.63) is 16.6 Å². The van der Waals surface area contributed by atoms with Crippen LogP contribution in [0.1, 0.15) is 10.6 Å². The van der Waals surface area contributed by atoms with Gasteiger partial charge in [-0.15, -0.1) is 0 Å². The summed E-state index contributed by atoms with van der Waals surface area (Å²) in [6.45, 7) is 2.38. The van der Waals surface area contributed by atoms with E-state index in [2.05, 4.69) is 20.2 Å². The summed E-state index contributed by atoms with van der Waals surface area (Å²) in [4.78, 5) is 0.963. The smallest absolute Gasteiger partial charge is 0.187 e. The van der Waals surface area contributed by atoms with Crippen LogP contribution in [0.4, 0.5) is 0 Å². The molecule has 0 aliphatic carbocycles. The predicted octanol–water partition coefficient (Wildman–Crippen LogP) is 0.242. The monoisotopic (exact) mass is 244 g/mol. The number of hydrazone groups is 1. The van der Waals surface area contributed by atoms with Crippen LogP contribution >= 0.6 is 23.8 Å². The summed E-state index contributed by atoms with van der Waals surface area (Å²) in [7, 11) is 0. The summed E-state index contributed by atoms with van der Waals surface area (Å²) >= 11 is 6.26. The zero-order valence-corrected chi connectivity index (χ0v) is 9.86. The molecule has 1 aromatic heterocycles. The fraction of sp³-hybridized carbons (Fsp3) is 0.375. The molecular formula is C8H12N4OS2. The lowest BCUT2D eigenvalue weighted by Crippen LogP contribution is -2.33. The highest BCUT2D eigenvalue weighted by atomic mass is 32.1. The lowest BCUT2D eigenvalue weighted by molar-refractivity contribution is 0.300. The summed E-state index contributed by atoms with van der Waals surface area (Å²) in [5, 5.41) is 15.6. The van der Waals surface area contributed by atoms with Gasteiger partial charge < -0.3 is 10.4 Å². The van der Waals surface area contributed by atoms with E-state index in [0.717, 1.165) is 10.6 Å². The van der Waals surface area contributed by atoms with E-state index in [0.29, 0.717) is 11.7 Å². The Morgan fingerprint density at radius 1 is 1.80 bits per heavy atom. The fourth-order valence-electron chi connectivity index (χ4n) is 0.808. The highest BCUT2D eigenvalue weighted by molar-refractivity contribution is 7.80. The molecule has 1 aromatic rings. The van der Waals surface area contributed by atoms with Gasteiger partial charge in [-0.3, -0.25) is 5.43 Å². The molecule has 3 N–H and O–H groups in total. The van der Waals surface area contributed by atoms with Crippen LogP contribution in [0.15, 0.2) is 11.2 Å². The van der Waals surface area contributed by atoms with Crippen LogP contribution < -0.4 is 10.7 Å². The normalized spacial score (nSPS) is 10.5. The van der Waals surface area contributed by atoms with Crippen molar-refractivity contribution in [2.45, 2.75) is 6.92 Å². The third-order valence-electron chi connectivity index (χ3n) is 1.40.